The van der Waals surface area contributed by atoms with Gasteiger partial charge in [-0.2, -0.15) is 0 Å². The van der Waals surface area contributed by atoms with Gasteiger partial charge in [0.05, 0.1) is 0 Å². The van der Waals surface area contributed by atoms with Crippen molar-refractivity contribution in [3.8, 4) is 0 Å². The molecule has 0 aromatic heterocycles. The van der Waals surface area contributed by atoms with Crippen molar-refractivity contribution >= 4 is 5.78 Å². The molecule has 0 aromatic rings. The molecule has 12 heavy (non-hydrogen) atoms. The Morgan fingerprint density at radius 1 is 1.50 bits per heavy atom. The molecule has 2 atom stereocenters. The van der Waals surface area contributed by atoms with E-state index in [9.17, 15) is 4.79 Å². The molecule has 0 saturated heterocycles. The zero-order valence-corrected chi connectivity index (χ0v) is 8.10. The Labute approximate surface area is 74.7 Å². The Bertz CT molecular complexity index is 154. The maximum absolute atomic E-state index is 11.1. The molecule has 1 N–H and O–H groups in total. The molecule has 2 heteroatoms. The van der Waals surface area contributed by atoms with Gasteiger partial charge in [-0.3, -0.25) is 4.79 Å². The molecule has 2 nitrogen and oxygen atoms in total. The van der Waals surface area contributed by atoms with Crippen LogP contribution in [-0.2, 0) is 4.79 Å². The molecule has 1 aliphatic carbocycles. The first-order valence-electron chi connectivity index (χ1n) is 4.98. The number of hydrogen-bond donors (Lipinski definition) is 1. The second kappa shape index (κ2) is 4.61. The van der Waals surface area contributed by atoms with Gasteiger partial charge in [0.2, 0.25) is 0 Å². The first-order chi connectivity index (χ1) is 5.74. The summed E-state index contributed by atoms with van der Waals surface area (Å²) in [7, 11) is 0. The van der Waals surface area contributed by atoms with E-state index >= 15 is 0 Å². The highest BCUT2D eigenvalue weighted by molar-refractivity contribution is 5.78. The quantitative estimate of drug-likeness (QED) is 0.697. The smallest absolute Gasteiger partial charge is 0.132 e. The lowest BCUT2D eigenvalue weighted by molar-refractivity contribution is -0.121. The van der Waals surface area contributed by atoms with Crippen LogP contribution in [0.1, 0.15) is 39.5 Å². The van der Waals surface area contributed by atoms with Crippen LogP contribution in [0.2, 0.25) is 0 Å². The molecule has 0 aliphatic heterocycles. The van der Waals surface area contributed by atoms with Gasteiger partial charge in [-0.05, 0) is 32.7 Å². The van der Waals surface area contributed by atoms with E-state index in [4.69, 9.17) is 0 Å². The van der Waals surface area contributed by atoms with Crippen LogP contribution in [0.25, 0.3) is 0 Å². The van der Waals surface area contributed by atoms with E-state index in [1.165, 1.54) is 12.8 Å². The highest BCUT2D eigenvalue weighted by atomic mass is 16.1. The molecule has 1 aliphatic rings. The van der Waals surface area contributed by atoms with Crippen molar-refractivity contribution in [1.29, 1.82) is 0 Å². The molecule has 70 valence electrons. The Balaban J connectivity index is 2.35. The fourth-order valence-corrected chi connectivity index (χ4v) is 2.03. The highest BCUT2D eigenvalue weighted by Gasteiger charge is 2.23. The maximum Gasteiger partial charge on any atom is 0.132 e. The van der Waals surface area contributed by atoms with Gasteiger partial charge in [-0.25, -0.2) is 0 Å². The average molecular weight is 169 g/mol. The summed E-state index contributed by atoms with van der Waals surface area (Å²) in [4.78, 5) is 11.1. The molecule has 0 amide bonds. The van der Waals surface area contributed by atoms with Gasteiger partial charge in [-0.15, -0.1) is 0 Å². The second-order valence-electron chi connectivity index (χ2n) is 3.73. The summed E-state index contributed by atoms with van der Waals surface area (Å²) >= 11 is 0. The summed E-state index contributed by atoms with van der Waals surface area (Å²) in [5.41, 5.74) is 0. The molecule has 0 spiro atoms. The summed E-state index contributed by atoms with van der Waals surface area (Å²) in [6.45, 7) is 4.87. The lowest BCUT2D eigenvalue weighted by Crippen LogP contribution is -2.35. The fraction of sp³-hybridized carbons (Fsp3) is 0.900. The molecule has 1 saturated carbocycles. The Morgan fingerprint density at radius 2 is 2.25 bits per heavy atom. The molecule has 1 rings (SSSR count). The second-order valence-corrected chi connectivity index (χ2v) is 3.73. The molecular weight excluding hydrogens is 150 g/mol. The van der Waals surface area contributed by atoms with Crippen molar-refractivity contribution in [2.24, 2.45) is 5.92 Å². The van der Waals surface area contributed by atoms with Gasteiger partial charge >= 0.3 is 0 Å². The van der Waals surface area contributed by atoms with Crippen LogP contribution >= 0.6 is 0 Å². The third-order valence-electron chi connectivity index (χ3n) is 2.74. The standard InChI is InChI=1S/C10H19NO/c1-3-11-10-6-4-5-9(7-10)8(2)12/h9-11H,3-7H2,1-2H3. The largest absolute Gasteiger partial charge is 0.314 e. The summed E-state index contributed by atoms with van der Waals surface area (Å²) in [6, 6.07) is 0.595. The highest BCUT2D eigenvalue weighted by Crippen LogP contribution is 2.24. The Hall–Kier alpha value is -0.370. The summed E-state index contributed by atoms with van der Waals surface area (Å²) in [5, 5.41) is 3.42. The summed E-state index contributed by atoms with van der Waals surface area (Å²) in [6.07, 6.45) is 4.62. The number of hydrogen-bond acceptors (Lipinski definition) is 2. The van der Waals surface area contributed by atoms with Gasteiger partial charge < -0.3 is 5.32 Å². The van der Waals surface area contributed by atoms with Crippen LogP contribution in [0.3, 0.4) is 0 Å². The van der Waals surface area contributed by atoms with Crippen molar-refractivity contribution in [2.45, 2.75) is 45.6 Å². The minimum atomic E-state index is 0.336. The summed E-state index contributed by atoms with van der Waals surface area (Å²) < 4.78 is 0. The SMILES string of the molecule is CCNC1CCCC(C(C)=O)C1. The average Bonchev–Trinajstić information content (AvgIpc) is 2.05. The Morgan fingerprint density at radius 3 is 2.83 bits per heavy atom. The normalized spacial score (nSPS) is 30.2. The lowest BCUT2D eigenvalue weighted by Gasteiger charge is -2.27. The number of Topliss-reactive ketones (excluding diaryl/α,β-unsaturated/α-hetero) is 1. The van der Waals surface area contributed by atoms with Crippen LogP contribution in [0.15, 0.2) is 0 Å². The number of ketones is 1. The van der Waals surface area contributed by atoms with Gasteiger partial charge in [0.15, 0.2) is 0 Å². The number of carbonyl (C=O) groups excluding carboxylic acids is 1. The van der Waals surface area contributed by atoms with Crippen LogP contribution < -0.4 is 5.32 Å². The molecule has 0 bridgehead atoms. The van der Waals surface area contributed by atoms with E-state index in [2.05, 4.69) is 12.2 Å². The van der Waals surface area contributed by atoms with Gasteiger partial charge in [0, 0.05) is 12.0 Å². The predicted molar refractivity (Wildman–Crippen MR) is 50.1 cm³/mol. The van der Waals surface area contributed by atoms with Crippen molar-refractivity contribution in [3.05, 3.63) is 0 Å². The minimum Gasteiger partial charge on any atom is -0.314 e. The molecule has 0 aromatic carbocycles. The van der Waals surface area contributed by atoms with E-state index in [1.807, 2.05) is 0 Å². The van der Waals surface area contributed by atoms with Crippen LogP contribution in [0, 0.1) is 5.92 Å². The molecular formula is C10H19NO. The van der Waals surface area contributed by atoms with Crippen LogP contribution in [0.4, 0.5) is 0 Å². The van der Waals surface area contributed by atoms with Crippen LogP contribution in [0.5, 0.6) is 0 Å². The third-order valence-corrected chi connectivity index (χ3v) is 2.74. The summed E-state index contributed by atoms with van der Waals surface area (Å²) in [5.74, 6) is 0.709. The van der Waals surface area contributed by atoms with E-state index in [0.29, 0.717) is 17.7 Å². The van der Waals surface area contributed by atoms with Crippen molar-refractivity contribution < 1.29 is 4.79 Å². The number of carbonyl (C=O) groups is 1. The van der Waals surface area contributed by atoms with Crippen molar-refractivity contribution in [1.82, 2.24) is 5.32 Å². The Kier molecular flexibility index (Phi) is 3.73. The minimum absolute atomic E-state index is 0.336. The third kappa shape index (κ3) is 2.59. The lowest BCUT2D eigenvalue weighted by atomic mass is 9.83. The first-order valence-corrected chi connectivity index (χ1v) is 4.98. The van der Waals surface area contributed by atoms with E-state index < -0.39 is 0 Å². The molecule has 1 fully saturated rings. The van der Waals surface area contributed by atoms with Gasteiger partial charge in [0.1, 0.15) is 5.78 Å². The van der Waals surface area contributed by atoms with Crippen LogP contribution in [-0.4, -0.2) is 18.4 Å². The predicted octanol–water partition coefficient (Wildman–Crippen LogP) is 1.74. The van der Waals surface area contributed by atoms with Crippen molar-refractivity contribution in [2.75, 3.05) is 6.54 Å². The number of rotatable bonds is 3. The maximum atomic E-state index is 11.1. The van der Waals surface area contributed by atoms with Crippen molar-refractivity contribution in [3.63, 3.8) is 0 Å². The molecule has 0 radical (unpaired) electrons. The van der Waals surface area contributed by atoms with E-state index in [-0.39, 0.29) is 0 Å². The monoisotopic (exact) mass is 169 g/mol. The zero-order chi connectivity index (χ0) is 8.97. The van der Waals surface area contributed by atoms with Gasteiger partial charge in [0.25, 0.3) is 0 Å². The van der Waals surface area contributed by atoms with E-state index in [1.54, 1.807) is 6.92 Å². The van der Waals surface area contributed by atoms with Gasteiger partial charge in [-0.1, -0.05) is 13.3 Å². The topological polar surface area (TPSA) is 29.1 Å². The van der Waals surface area contributed by atoms with E-state index in [0.717, 1.165) is 19.4 Å². The number of nitrogens with one attached hydrogen (secondary N) is 1. The zero-order valence-electron chi connectivity index (χ0n) is 8.10. The molecule has 2 unspecified atom stereocenters. The first kappa shape index (κ1) is 9.72. The molecule has 0 heterocycles. The fourth-order valence-electron chi connectivity index (χ4n) is 2.03.